The smallest absolute Gasteiger partial charge is 0.255 e. The van der Waals surface area contributed by atoms with Gasteiger partial charge in [-0.25, -0.2) is 8.78 Å². The summed E-state index contributed by atoms with van der Waals surface area (Å²) in [5.41, 5.74) is 2.53. The molecule has 2 amide bonds. The molecule has 9 heteroatoms. The third-order valence-corrected chi connectivity index (χ3v) is 7.97. The highest BCUT2D eigenvalue weighted by molar-refractivity contribution is 6.12. The van der Waals surface area contributed by atoms with Crippen LogP contribution in [-0.2, 0) is 11.3 Å². The number of benzene rings is 3. The van der Waals surface area contributed by atoms with Gasteiger partial charge in [-0.05, 0) is 84.8 Å². The lowest BCUT2D eigenvalue weighted by atomic mass is 9.91. The van der Waals surface area contributed by atoms with Crippen molar-refractivity contribution in [1.82, 2.24) is 10.6 Å². The van der Waals surface area contributed by atoms with E-state index in [1.165, 1.54) is 45.5 Å². The van der Waals surface area contributed by atoms with Gasteiger partial charge in [0.2, 0.25) is 0 Å². The Hall–Kier alpha value is -4.24. The van der Waals surface area contributed by atoms with E-state index in [1.807, 2.05) is 0 Å². The lowest BCUT2D eigenvalue weighted by Crippen LogP contribution is -2.31. The summed E-state index contributed by atoms with van der Waals surface area (Å²) >= 11 is 0. The summed E-state index contributed by atoms with van der Waals surface area (Å²) in [6.45, 7) is 1.84. The van der Waals surface area contributed by atoms with Crippen molar-refractivity contribution in [3.63, 3.8) is 0 Å². The summed E-state index contributed by atoms with van der Waals surface area (Å²) in [6, 6.07) is 10.4. The molecule has 2 aliphatic rings. The number of fused-ring (bicyclic) bond motifs is 2. The van der Waals surface area contributed by atoms with Gasteiger partial charge in [0.25, 0.3) is 11.8 Å². The second-order valence-electron chi connectivity index (χ2n) is 10.5. The third-order valence-electron chi connectivity index (χ3n) is 7.97. The van der Waals surface area contributed by atoms with E-state index >= 15 is 4.39 Å². The molecule has 40 heavy (non-hydrogen) atoms. The molecule has 0 unspecified atom stereocenters. The van der Waals surface area contributed by atoms with E-state index in [1.54, 1.807) is 25.1 Å². The number of methoxy groups -OCH3 is 2. The van der Waals surface area contributed by atoms with Crippen molar-refractivity contribution >= 4 is 22.8 Å². The fraction of sp³-hybridized carbons (Fsp3) is 0.290. The molecule has 0 atom stereocenters. The topological polar surface area (TPSA) is 89.8 Å². The highest BCUT2D eigenvalue weighted by atomic mass is 19.1. The lowest BCUT2D eigenvalue weighted by Gasteiger charge is -2.18. The van der Waals surface area contributed by atoms with Gasteiger partial charge in [-0.15, -0.1) is 0 Å². The van der Waals surface area contributed by atoms with Crippen LogP contribution in [0, 0.1) is 24.5 Å². The van der Waals surface area contributed by atoms with E-state index in [9.17, 15) is 14.0 Å². The zero-order valence-corrected chi connectivity index (χ0v) is 22.5. The van der Waals surface area contributed by atoms with E-state index in [0.717, 1.165) is 12.8 Å². The third kappa shape index (κ3) is 4.12. The number of hydrogen-bond donors (Lipinski definition) is 2. The number of carbonyl (C=O) groups is 2. The molecule has 2 N–H and O–H groups in total. The number of furan rings is 1. The van der Waals surface area contributed by atoms with Gasteiger partial charge >= 0.3 is 0 Å². The molecule has 0 aliphatic heterocycles. The van der Waals surface area contributed by atoms with Crippen molar-refractivity contribution in [2.24, 2.45) is 5.92 Å². The van der Waals surface area contributed by atoms with Gasteiger partial charge in [-0.1, -0.05) is 0 Å². The maximum absolute atomic E-state index is 16.8. The molecule has 2 aliphatic carbocycles. The zero-order chi connectivity index (χ0) is 28.3. The molecule has 206 valence electrons. The number of hydrogen-bond acceptors (Lipinski definition) is 5. The molecule has 6 rings (SSSR count). The first kappa shape index (κ1) is 26.0. The standard InChI is InChI=1S/C31H28F2N2O5/c1-15-9-22(39-4)21(29(36)35-31-12-18(31)13-31)11-20(15)24-17(14-38-3)10-23-25(27(24)33)26(30(37)34-2)28(40-23)16-5-7-19(32)8-6-16/h5-11,18H,12-14H2,1-4H3,(H,34,37)(H,35,36). The summed E-state index contributed by atoms with van der Waals surface area (Å²) in [4.78, 5) is 26.4. The minimum Gasteiger partial charge on any atom is -0.496 e. The average Bonchev–Trinajstić information content (AvgIpc) is 3.75. The van der Waals surface area contributed by atoms with Gasteiger partial charge < -0.3 is 24.5 Å². The molecule has 0 radical (unpaired) electrons. The van der Waals surface area contributed by atoms with Crippen LogP contribution < -0.4 is 15.4 Å². The Labute approximate surface area is 229 Å². The van der Waals surface area contributed by atoms with Crippen molar-refractivity contribution in [2.45, 2.75) is 31.9 Å². The van der Waals surface area contributed by atoms with Crippen LogP contribution in [-0.4, -0.2) is 38.6 Å². The largest absolute Gasteiger partial charge is 0.496 e. The van der Waals surface area contributed by atoms with Gasteiger partial charge in [-0.2, -0.15) is 0 Å². The van der Waals surface area contributed by atoms with Crippen LogP contribution in [0.3, 0.4) is 0 Å². The second kappa shape index (κ2) is 9.45. The predicted octanol–water partition coefficient (Wildman–Crippen LogP) is 5.76. The highest BCUT2D eigenvalue weighted by Crippen LogP contribution is 2.66. The number of nitrogens with one attached hydrogen (secondary N) is 2. The summed E-state index contributed by atoms with van der Waals surface area (Å²) in [7, 11) is 4.42. The van der Waals surface area contributed by atoms with Crippen LogP contribution in [0.2, 0.25) is 0 Å². The van der Waals surface area contributed by atoms with Gasteiger partial charge in [0.05, 0.1) is 30.2 Å². The lowest BCUT2D eigenvalue weighted by molar-refractivity contribution is 0.0936. The van der Waals surface area contributed by atoms with Crippen LogP contribution in [0.5, 0.6) is 5.75 Å². The molecule has 7 nitrogen and oxygen atoms in total. The Morgan fingerprint density at radius 3 is 2.38 bits per heavy atom. The van der Waals surface area contributed by atoms with E-state index in [0.29, 0.717) is 39.5 Å². The molecule has 0 saturated heterocycles. The number of aryl methyl sites for hydroxylation is 1. The Kier molecular flexibility index (Phi) is 6.14. The predicted molar refractivity (Wildman–Crippen MR) is 145 cm³/mol. The molecular weight excluding hydrogens is 518 g/mol. The SMILES string of the molecule is CNC(=O)c1c(-c2ccc(F)cc2)oc2cc(COC)c(-c3cc(C(=O)NC45CC4C5)c(OC)cc3C)c(F)c12. The normalized spacial score (nSPS) is 18.8. The monoisotopic (exact) mass is 546 g/mol. The molecule has 3 aromatic carbocycles. The summed E-state index contributed by atoms with van der Waals surface area (Å²) in [5.74, 6) is -0.940. The molecule has 0 spiro atoms. The fourth-order valence-corrected chi connectivity index (χ4v) is 5.47. The van der Waals surface area contributed by atoms with Crippen LogP contribution in [0.4, 0.5) is 8.78 Å². The maximum Gasteiger partial charge on any atom is 0.255 e. The van der Waals surface area contributed by atoms with Crippen LogP contribution in [0.15, 0.2) is 46.9 Å². The average molecular weight is 547 g/mol. The van der Waals surface area contributed by atoms with Gasteiger partial charge in [0, 0.05) is 30.8 Å². The molecule has 1 aromatic heterocycles. The van der Waals surface area contributed by atoms with Crippen LogP contribution in [0.25, 0.3) is 33.4 Å². The van der Waals surface area contributed by atoms with E-state index < -0.39 is 17.5 Å². The molecule has 2 saturated carbocycles. The first-order chi connectivity index (χ1) is 19.2. The number of ether oxygens (including phenoxy) is 2. The van der Waals surface area contributed by atoms with Crippen molar-refractivity contribution in [3.8, 4) is 28.2 Å². The first-order valence-electron chi connectivity index (χ1n) is 13.0. The molecule has 2 fully saturated rings. The van der Waals surface area contributed by atoms with Gasteiger partial charge in [0.15, 0.2) is 0 Å². The van der Waals surface area contributed by atoms with E-state index in [4.69, 9.17) is 13.9 Å². The Bertz CT molecular complexity index is 1690. The second-order valence-corrected chi connectivity index (χ2v) is 10.5. The van der Waals surface area contributed by atoms with Crippen LogP contribution >= 0.6 is 0 Å². The minimum atomic E-state index is -0.692. The molecular formula is C31H28F2N2O5. The Morgan fingerprint density at radius 1 is 1.07 bits per heavy atom. The fourth-order valence-electron chi connectivity index (χ4n) is 5.47. The first-order valence-corrected chi connectivity index (χ1v) is 13.0. The molecule has 0 bridgehead atoms. The quantitative estimate of drug-likeness (QED) is 0.293. The maximum atomic E-state index is 16.8. The van der Waals surface area contributed by atoms with Crippen LogP contribution in [0.1, 0.15) is 44.7 Å². The van der Waals surface area contributed by atoms with E-state index in [2.05, 4.69) is 10.6 Å². The summed E-state index contributed by atoms with van der Waals surface area (Å²) in [6.07, 6.45) is 1.95. The number of amides is 2. The van der Waals surface area contributed by atoms with Gasteiger partial charge in [-0.3, -0.25) is 9.59 Å². The zero-order valence-electron chi connectivity index (χ0n) is 22.5. The van der Waals surface area contributed by atoms with Crippen molar-refractivity contribution in [3.05, 3.63) is 76.4 Å². The Balaban J connectivity index is 1.59. The van der Waals surface area contributed by atoms with Gasteiger partial charge in [0.1, 0.15) is 28.7 Å². The highest BCUT2D eigenvalue weighted by Gasteiger charge is 2.70. The summed E-state index contributed by atoms with van der Waals surface area (Å²) < 4.78 is 47.4. The molecule has 1 heterocycles. The number of halogens is 2. The molecule has 4 aromatic rings. The Morgan fingerprint density at radius 2 is 1.77 bits per heavy atom. The van der Waals surface area contributed by atoms with Crippen molar-refractivity contribution in [1.29, 1.82) is 0 Å². The minimum absolute atomic E-state index is 0.0106. The van der Waals surface area contributed by atoms with E-state index in [-0.39, 0.29) is 45.9 Å². The number of carbonyl (C=O) groups excluding carboxylic acids is 2. The van der Waals surface area contributed by atoms with Crippen molar-refractivity contribution in [2.75, 3.05) is 21.3 Å². The number of rotatable bonds is 8. The van der Waals surface area contributed by atoms with Crippen molar-refractivity contribution < 1.29 is 32.3 Å². The summed E-state index contributed by atoms with van der Waals surface area (Å²) in [5, 5.41) is 5.64.